The summed E-state index contributed by atoms with van der Waals surface area (Å²) < 4.78 is 56.9. The van der Waals surface area contributed by atoms with Crippen molar-refractivity contribution >= 4 is 17.6 Å². The molecule has 5 rings (SSSR count). The minimum Gasteiger partial charge on any atom is -0.371 e. The summed E-state index contributed by atoms with van der Waals surface area (Å²) in [4.78, 5) is 2.28. The Labute approximate surface area is 213 Å². The van der Waals surface area contributed by atoms with E-state index in [1.165, 1.54) is 30.3 Å². The van der Waals surface area contributed by atoms with Gasteiger partial charge in [0.2, 0.25) is 0 Å². The fraction of sp³-hybridized carbons (Fsp3) is 0.379. The predicted molar refractivity (Wildman–Crippen MR) is 135 cm³/mol. The number of hydrogen-bond donors (Lipinski definition) is 0. The molecule has 192 valence electrons. The number of alkyl halides is 3. The first-order valence-corrected chi connectivity index (χ1v) is 12.5. The number of benzene rings is 2. The molecule has 0 bridgehead atoms. The second-order valence-corrected chi connectivity index (χ2v) is 10.1. The Morgan fingerprint density at radius 2 is 1.81 bits per heavy atom. The Kier molecular flexibility index (Phi) is 6.57. The Morgan fingerprint density at radius 3 is 2.43 bits per heavy atom. The lowest BCUT2D eigenvalue weighted by atomic mass is 9.94. The molecule has 3 aromatic rings. The van der Waals surface area contributed by atoms with Gasteiger partial charge in [-0.25, -0.2) is 4.39 Å². The van der Waals surface area contributed by atoms with Crippen LogP contribution in [-0.2, 0) is 12.0 Å². The number of aryl methyl sites for hydroxylation is 1. The molecule has 1 aliphatic carbocycles. The summed E-state index contributed by atoms with van der Waals surface area (Å²) in [5.41, 5.74) is 2.10. The van der Waals surface area contributed by atoms with Crippen LogP contribution in [0.4, 0.5) is 23.2 Å². The summed E-state index contributed by atoms with van der Waals surface area (Å²) in [6.45, 7) is 4.04. The number of halogens is 4. The van der Waals surface area contributed by atoms with Crippen molar-refractivity contribution in [2.45, 2.75) is 50.7 Å². The predicted octanol–water partition coefficient (Wildman–Crippen LogP) is 7.04. The summed E-state index contributed by atoms with van der Waals surface area (Å²) in [5.74, 6) is -0.416. The van der Waals surface area contributed by atoms with Crippen molar-refractivity contribution in [3.8, 4) is 6.07 Å². The lowest BCUT2D eigenvalue weighted by Crippen LogP contribution is -2.33. The number of rotatable bonds is 6. The summed E-state index contributed by atoms with van der Waals surface area (Å²) in [6.07, 6.45) is -1.05. The molecular weight excluding hydrogens is 480 g/mol. The van der Waals surface area contributed by atoms with Gasteiger partial charge in [0.15, 0.2) is 5.83 Å². The van der Waals surface area contributed by atoms with E-state index in [1.54, 1.807) is 10.7 Å². The largest absolute Gasteiger partial charge is 0.398 e. The molecule has 2 aromatic carbocycles. The van der Waals surface area contributed by atoms with Crippen LogP contribution in [0.5, 0.6) is 0 Å². The second kappa shape index (κ2) is 9.70. The summed E-state index contributed by atoms with van der Waals surface area (Å²) in [6, 6.07) is 18.1. The highest BCUT2D eigenvalue weighted by Gasteiger charge is 2.64. The lowest BCUT2D eigenvalue weighted by molar-refractivity contribution is -0.160. The van der Waals surface area contributed by atoms with E-state index in [4.69, 9.17) is 5.26 Å². The first kappa shape index (κ1) is 25.1. The highest BCUT2D eigenvalue weighted by molar-refractivity contribution is 5.75. The molecule has 1 saturated carbocycles. The van der Waals surface area contributed by atoms with Crippen molar-refractivity contribution in [2.75, 3.05) is 18.0 Å². The maximum Gasteiger partial charge on any atom is 0.398 e. The van der Waals surface area contributed by atoms with Gasteiger partial charge >= 0.3 is 6.18 Å². The zero-order valence-electron chi connectivity index (χ0n) is 20.6. The van der Waals surface area contributed by atoms with Gasteiger partial charge in [-0.2, -0.15) is 23.5 Å². The van der Waals surface area contributed by atoms with Crippen LogP contribution in [0, 0.1) is 24.2 Å². The Balaban J connectivity index is 1.28. The molecular formula is C29H28F4N4. The third-order valence-corrected chi connectivity index (χ3v) is 7.56. The van der Waals surface area contributed by atoms with Gasteiger partial charge in [0.25, 0.3) is 0 Å². The van der Waals surface area contributed by atoms with E-state index in [-0.39, 0.29) is 30.0 Å². The molecule has 0 amide bonds. The van der Waals surface area contributed by atoms with Gasteiger partial charge in [-0.1, -0.05) is 36.4 Å². The average molecular weight is 509 g/mol. The van der Waals surface area contributed by atoms with E-state index >= 15 is 4.39 Å². The van der Waals surface area contributed by atoms with Gasteiger partial charge in [-0.15, -0.1) is 0 Å². The van der Waals surface area contributed by atoms with Gasteiger partial charge in [0.05, 0.1) is 18.0 Å². The quantitative estimate of drug-likeness (QED) is 0.336. The van der Waals surface area contributed by atoms with Crippen molar-refractivity contribution in [2.24, 2.45) is 5.92 Å². The fourth-order valence-electron chi connectivity index (χ4n) is 5.06. The van der Waals surface area contributed by atoms with Crippen LogP contribution < -0.4 is 4.90 Å². The number of aromatic nitrogens is 2. The van der Waals surface area contributed by atoms with Crippen LogP contribution in [0.3, 0.4) is 0 Å². The Hall–Kier alpha value is -3.60. The third-order valence-electron chi connectivity index (χ3n) is 7.56. The first-order valence-electron chi connectivity index (χ1n) is 12.5. The molecule has 2 aliphatic rings. The van der Waals surface area contributed by atoms with Crippen molar-refractivity contribution in [3.05, 3.63) is 82.7 Å². The van der Waals surface area contributed by atoms with E-state index in [1.807, 2.05) is 19.1 Å². The van der Waals surface area contributed by atoms with E-state index < -0.39 is 17.4 Å². The Morgan fingerprint density at radius 1 is 1.11 bits per heavy atom. The normalized spacial score (nSPS) is 18.1. The molecule has 4 nitrogen and oxygen atoms in total. The monoisotopic (exact) mass is 508 g/mol. The molecule has 0 N–H and O–H groups in total. The molecule has 0 unspecified atom stereocenters. The number of hydrogen-bond acceptors (Lipinski definition) is 3. The highest BCUT2D eigenvalue weighted by atomic mass is 19.4. The first-order chi connectivity index (χ1) is 17.7. The molecule has 1 aliphatic heterocycles. The molecule has 0 spiro atoms. The smallest absolute Gasteiger partial charge is 0.371 e. The van der Waals surface area contributed by atoms with Crippen LogP contribution >= 0.6 is 0 Å². The van der Waals surface area contributed by atoms with Gasteiger partial charge < -0.3 is 4.90 Å². The maximum absolute atomic E-state index is 15.0. The van der Waals surface area contributed by atoms with Crippen molar-refractivity contribution in [1.82, 2.24) is 9.78 Å². The molecule has 0 atom stereocenters. The van der Waals surface area contributed by atoms with Crippen molar-refractivity contribution in [3.63, 3.8) is 0 Å². The molecule has 1 aromatic heterocycles. The molecule has 0 radical (unpaired) electrons. The fourth-order valence-corrected chi connectivity index (χ4v) is 5.06. The summed E-state index contributed by atoms with van der Waals surface area (Å²) in [5, 5.41) is 13.6. The SMILES string of the molecule is Cc1cc(C(F)=Cc2ccc(C3(C(F)(F)F)CC3)cc2)nn1Cc1cccc(N2CCC(C#N)CC2)c1. The number of nitrogens with zero attached hydrogens (tertiary/aromatic N) is 4. The zero-order valence-corrected chi connectivity index (χ0v) is 20.6. The van der Waals surface area contributed by atoms with Crippen LogP contribution in [0.15, 0.2) is 54.6 Å². The van der Waals surface area contributed by atoms with E-state index in [0.717, 1.165) is 42.9 Å². The third kappa shape index (κ3) is 5.13. The molecule has 8 heteroatoms. The van der Waals surface area contributed by atoms with Gasteiger partial charge in [-0.3, -0.25) is 4.68 Å². The van der Waals surface area contributed by atoms with Crippen LogP contribution in [-0.4, -0.2) is 29.0 Å². The summed E-state index contributed by atoms with van der Waals surface area (Å²) >= 11 is 0. The Bertz CT molecular complexity index is 1340. The van der Waals surface area contributed by atoms with Gasteiger partial charge in [0.1, 0.15) is 5.69 Å². The number of piperidine rings is 1. The van der Waals surface area contributed by atoms with Gasteiger partial charge in [-0.05, 0) is 73.6 Å². The van der Waals surface area contributed by atoms with E-state index in [0.29, 0.717) is 12.1 Å². The van der Waals surface area contributed by atoms with Crippen molar-refractivity contribution in [1.29, 1.82) is 5.26 Å². The number of nitriles is 1. The van der Waals surface area contributed by atoms with Crippen molar-refractivity contribution < 1.29 is 17.6 Å². The standard InChI is InChI=1S/C29H28F4N4/c1-20-15-27(26(30)17-21-5-7-24(8-6-21)28(11-12-28)29(31,32)33)35-37(20)19-23-3-2-4-25(16-23)36-13-9-22(18-34)10-14-36/h2-8,15-17,22H,9-14,19H2,1H3. The minimum absolute atomic E-state index is 0.0966. The van der Waals surface area contributed by atoms with E-state index in [9.17, 15) is 13.2 Å². The molecule has 37 heavy (non-hydrogen) atoms. The highest BCUT2D eigenvalue weighted by Crippen LogP contribution is 2.58. The lowest BCUT2D eigenvalue weighted by Gasteiger charge is -2.31. The van der Waals surface area contributed by atoms with Crippen LogP contribution in [0.2, 0.25) is 0 Å². The number of anilines is 1. The van der Waals surface area contributed by atoms with Crippen LogP contribution in [0.1, 0.15) is 53.8 Å². The van der Waals surface area contributed by atoms with Gasteiger partial charge in [0, 0.05) is 30.4 Å². The maximum atomic E-state index is 15.0. The molecule has 2 heterocycles. The zero-order chi connectivity index (χ0) is 26.2. The topological polar surface area (TPSA) is 44.9 Å². The minimum atomic E-state index is -4.27. The average Bonchev–Trinajstić information content (AvgIpc) is 3.64. The van der Waals surface area contributed by atoms with E-state index in [2.05, 4.69) is 28.2 Å². The molecule has 1 saturated heterocycles. The molecule has 2 fully saturated rings. The van der Waals surface area contributed by atoms with Crippen LogP contribution in [0.25, 0.3) is 11.9 Å². The summed E-state index contributed by atoms with van der Waals surface area (Å²) in [7, 11) is 0. The second-order valence-electron chi connectivity index (χ2n) is 10.1.